The van der Waals surface area contributed by atoms with Gasteiger partial charge < -0.3 is 25.7 Å². The van der Waals surface area contributed by atoms with E-state index in [9.17, 15) is 9.90 Å². The van der Waals surface area contributed by atoms with Crippen molar-refractivity contribution in [1.82, 2.24) is 9.55 Å². The molecule has 8 heteroatoms. The Bertz CT molecular complexity index is 530. The van der Waals surface area contributed by atoms with Crippen LogP contribution in [-0.2, 0) is 7.05 Å². The molecular formula is C11H19N5O3. The number of anilines is 3. The van der Waals surface area contributed by atoms with Gasteiger partial charge in [0, 0.05) is 20.6 Å². The van der Waals surface area contributed by atoms with Gasteiger partial charge in [-0.2, -0.15) is 4.98 Å². The average Bonchev–Trinajstić information content (AvgIpc) is 2.69. The first-order valence-corrected chi connectivity index (χ1v) is 6.07. The van der Waals surface area contributed by atoms with Gasteiger partial charge in [0.1, 0.15) is 5.69 Å². The average molecular weight is 269 g/mol. The maximum atomic E-state index is 12.1. The fourth-order valence-electron chi connectivity index (χ4n) is 2.12. The molecule has 106 valence electrons. The van der Waals surface area contributed by atoms with Crippen molar-refractivity contribution >= 4 is 17.5 Å². The normalized spacial score (nSPS) is 15.8. The number of nitrogens with two attached hydrogens (primary N) is 1. The van der Waals surface area contributed by atoms with Crippen molar-refractivity contribution in [2.75, 3.05) is 42.4 Å². The monoisotopic (exact) mass is 269 g/mol. The van der Waals surface area contributed by atoms with E-state index in [1.54, 1.807) is 19.0 Å². The number of aromatic nitrogens is 2. The lowest BCUT2D eigenvalue weighted by atomic mass is 10.2. The maximum absolute atomic E-state index is 12.1. The van der Waals surface area contributed by atoms with E-state index in [1.807, 2.05) is 4.90 Å². The molecule has 1 unspecified atom stereocenters. The third-order valence-corrected chi connectivity index (χ3v) is 3.29. The van der Waals surface area contributed by atoms with Gasteiger partial charge in [0.15, 0.2) is 5.82 Å². The van der Waals surface area contributed by atoms with Gasteiger partial charge in [-0.15, -0.1) is 0 Å². The van der Waals surface area contributed by atoms with Crippen LogP contribution in [0.4, 0.5) is 17.5 Å². The summed E-state index contributed by atoms with van der Waals surface area (Å²) in [6.07, 6.45) is -0.362. The fourth-order valence-corrected chi connectivity index (χ4v) is 2.12. The van der Waals surface area contributed by atoms with E-state index in [4.69, 9.17) is 10.8 Å². The molecule has 1 aromatic heterocycles. The van der Waals surface area contributed by atoms with E-state index in [1.165, 1.54) is 4.57 Å². The Balaban J connectivity index is 2.29. The molecule has 1 atom stereocenters. The summed E-state index contributed by atoms with van der Waals surface area (Å²) >= 11 is 0. The van der Waals surface area contributed by atoms with Crippen LogP contribution in [0.2, 0.25) is 0 Å². The van der Waals surface area contributed by atoms with Crippen molar-refractivity contribution in [3.63, 3.8) is 0 Å². The fraction of sp³-hybridized carbons (Fsp3) is 0.636. The van der Waals surface area contributed by atoms with Gasteiger partial charge in [-0.3, -0.25) is 9.36 Å². The minimum Gasteiger partial charge on any atom is -0.394 e. The van der Waals surface area contributed by atoms with E-state index >= 15 is 0 Å². The molecule has 0 fully saturated rings. The van der Waals surface area contributed by atoms with Crippen LogP contribution in [-0.4, -0.2) is 52.7 Å². The van der Waals surface area contributed by atoms with E-state index in [0.717, 1.165) is 0 Å². The third kappa shape index (κ3) is 2.36. The van der Waals surface area contributed by atoms with E-state index < -0.39 is 6.10 Å². The lowest BCUT2D eigenvalue weighted by molar-refractivity contribution is 0.0898. The van der Waals surface area contributed by atoms with Gasteiger partial charge in [0.2, 0.25) is 5.95 Å². The number of nitrogens with zero attached hydrogens (tertiary/aromatic N) is 4. The molecule has 2 rings (SSSR count). The Morgan fingerprint density at radius 1 is 1.47 bits per heavy atom. The van der Waals surface area contributed by atoms with E-state index in [-0.39, 0.29) is 18.1 Å². The zero-order chi connectivity index (χ0) is 14.2. The van der Waals surface area contributed by atoms with Crippen molar-refractivity contribution < 1.29 is 10.2 Å². The molecule has 1 aliphatic heterocycles. The highest BCUT2D eigenvalue weighted by Gasteiger charge is 2.29. The van der Waals surface area contributed by atoms with Crippen LogP contribution in [0.15, 0.2) is 4.79 Å². The molecule has 8 nitrogen and oxygen atoms in total. The van der Waals surface area contributed by atoms with Gasteiger partial charge in [-0.1, -0.05) is 0 Å². The Labute approximate surface area is 110 Å². The number of aliphatic hydroxyl groups excluding tert-OH is 2. The highest BCUT2D eigenvalue weighted by Crippen LogP contribution is 2.30. The molecule has 0 saturated carbocycles. The number of rotatable bonds is 4. The second-order valence-electron chi connectivity index (χ2n) is 4.73. The highest BCUT2D eigenvalue weighted by atomic mass is 16.3. The largest absolute Gasteiger partial charge is 0.394 e. The zero-order valence-electron chi connectivity index (χ0n) is 11.1. The topological polar surface area (TPSA) is 108 Å². The van der Waals surface area contributed by atoms with Crippen molar-refractivity contribution in [2.24, 2.45) is 7.05 Å². The van der Waals surface area contributed by atoms with Crippen LogP contribution in [0.25, 0.3) is 0 Å². The molecule has 0 radical (unpaired) electrons. The smallest absolute Gasteiger partial charge is 0.280 e. The Morgan fingerprint density at radius 2 is 2.16 bits per heavy atom. The summed E-state index contributed by atoms with van der Waals surface area (Å²) in [6.45, 7) is 0.737. The molecule has 0 spiro atoms. The van der Waals surface area contributed by atoms with Crippen molar-refractivity contribution in [3.05, 3.63) is 10.4 Å². The molecule has 2 heterocycles. The van der Waals surface area contributed by atoms with Crippen molar-refractivity contribution in [3.8, 4) is 0 Å². The first-order chi connectivity index (χ1) is 8.95. The summed E-state index contributed by atoms with van der Waals surface area (Å²) in [7, 11) is 3.39. The third-order valence-electron chi connectivity index (χ3n) is 3.29. The Hall–Kier alpha value is -1.80. The van der Waals surface area contributed by atoms with Crippen LogP contribution in [0.1, 0.15) is 6.42 Å². The van der Waals surface area contributed by atoms with Gasteiger partial charge in [-0.25, -0.2) is 0 Å². The summed E-state index contributed by atoms with van der Waals surface area (Å²) in [6, 6.07) is 0. The maximum Gasteiger partial charge on any atom is 0.280 e. The van der Waals surface area contributed by atoms with Gasteiger partial charge in [-0.05, 0) is 6.42 Å². The number of nitrogen functional groups attached to an aromatic ring is 1. The zero-order valence-corrected chi connectivity index (χ0v) is 11.1. The van der Waals surface area contributed by atoms with Gasteiger partial charge >= 0.3 is 0 Å². The second kappa shape index (κ2) is 5.06. The number of fused-ring (bicyclic) bond motifs is 1. The SMILES string of the molecule is CN1CN(CCC(O)CO)c2nc(N)n(C)c(=O)c21. The summed E-state index contributed by atoms with van der Waals surface area (Å²) in [5.41, 5.74) is 6.03. The molecule has 0 saturated heterocycles. The molecule has 0 bridgehead atoms. The van der Waals surface area contributed by atoms with Crippen LogP contribution in [0.3, 0.4) is 0 Å². The molecular weight excluding hydrogens is 250 g/mol. The summed E-state index contributed by atoms with van der Waals surface area (Å²) in [4.78, 5) is 20.0. The Morgan fingerprint density at radius 3 is 2.79 bits per heavy atom. The highest BCUT2D eigenvalue weighted by molar-refractivity contribution is 5.72. The van der Waals surface area contributed by atoms with Crippen LogP contribution in [0, 0.1) is 0 Å². The number of hydrogen-bond acceptors (Lipinski definition) is 7. The molecule has 4 N–H and O–H groups in total. The standard InChI is InChI=1S/C11H19N5O3/c1-14-6-16(4-3-7(18)5-17)9-8(14)10(19)15(2)11(12)13-9/h7,17-18H,3-6H2,1-2H3,(H2,12,13). The lowest BCUT2D eigenvalue weighted by Gasteiger charge is -2.19. The first kappa shape index (κ1) is 13.6. The minimum absolute atomic E-state index is 0.159. The summed E-state index contributed by atoms with van der Waals surface area (Å²) in [5, 5.41) is 18.2. The summed E-state index contributed by atoms with van der Waals surface area (Å²) < 4.78 is 1.31. The molecule has 0 aromatic carbocycles. The predicted octanol–water partition coefficient (Wildman–Crippen LogP) is -1.68. The summed E-state index contributed by atoms with van der Waals surface area (Å²) in [5.74, 6) is 0.694. The molecule has 0 aliphatic carbocycles. The van der Waals surface area contributed by atoms with Crippen molar-refractivity contribution in [1.29, 1.82) is 0 Å². The molecule has 0 amide bonds. The number of hydrogen-bond donors (Lipinski definition) is 3. The molecule has 1 aliphatic rings. The van der Waals surface area contributed by atoms with Gasteiger partial charge in [0.25, 0.3) is 5.56 Å². The Kier molecular flexibility index (Phi) is 3.63. The predicted molar refractivity (Wildman–Crippen MR) is 72.2 cm³/mol. The van der Waals surface area contributed by atoms with Crippen LogP contribution in [0.5, 0.6) is 0 Å². The first-order valence-electron chi connectivity index (χ1n) is 6.07. The number of aliphatic hydroxyl groups is 2. The van der Waals surface area contributed by atoms with Crippen molar-refractivity contribution in [2.45, 2.75) is 12.5 Å². The van der Waals surface area contributed by atoms with Gasteiger partial charge in [0.05, 0.1) is 19.4 Å². The minimum atomic E-state index is -0.766. The van der Waals surface area contributed by atoms with Crippen LogP contribution < -0.4 is 21.1 Å². The quantitative estimate of drug-likeness (QED) is 0.599. The molecule has 1 aromatic rings. The van der Waals surface area contributed by atoms with E-state index in [0.29, 0.717) is 31.1 Å². The second-order valence-corrected chi connectivity index (χ2v) is 4.73. The lowest BCUT2D eigenvalue weighted by Crippen LogP contribution is -2.32. The van der Waals surface area contributed by atoms with Crippen LogP contribution >= 0.6 is 0 Å². The van der Waals surface area contributed by atoms with E-state index in [2.05, 4.69) is 4.98 Å². The molecule has 19 heavy (non-hydrogen) atoms.